The van der Waals surface area contributed by atoms with Crippen LogP contribution in [0.5, 0.6) is 0 Å². The van der Waals surface area contributed by atoms with Crippen molar-refractivity contribution in [2.24, 2.45) is 0 Å². The van der Waals surface area contributed by atoms with Crippen molar-refractivity contribution >= 4 is 40.1 Å². The standard InChI is InChI=1S/C12H14ClIN2O/c1-8-7-16(5-4-15-8)12(17)9-2-3-11(14)10(13)6-9/h2-3,6,8,15H,4-5,7H2,1H3/t8-/m0/s1. The van der Waals surface area contributed by atoms with E-state index < -0.39 is 0 Å². The third-order valence-electron chi connectivity index (χ3n) is 2.82. The number of nitrogens with zero attached hydrogens (tertiary/aromatic N) is 1. The van der Waals surface area contributed by atoms with Gasteiger partial charge in [0, 0.05) is 34.8 Å². The largest absolute Gasteiger partial charge is 0.336 e. The first-order valence-corrected chi connectivity index (χ1v) is 7.01. The van der Waals surface area contributed by atoms with E-state index in [4.69, 9.17) is 11.6 Å². The summed E-state index contributed by atoms with van der Waals surface area (Å²) in [6, 6.07) is 5.81. The van der Waals surface area contributed by atoms with Crippen LogP contribution in [0.2, 0.25) is 5.02 Å². The van der Waals surface area contributed by atoms with Crippen LogP contribution >= 0.6 is 34.2 Å². The number of piperazine rings is 1. The Hall–Kier alpha value is -0.330. The van der Waals surface area contributed by atoms with Gasteiger partial charge in [-0.3, -0.25) is 4.79 Å². The van der Waals surface area contributed by atoms with E-state index in [1.807, 2.05) is 17.0 Å². The molecule has 1 fully saturated rings. The third-order valence-corrected chi connectivity index (χ3v) is 4.39. The molecule has 0 bridgehead atoms. The van der Waals surface area contributed by atoms with Gasteiger partial charge in [-0.2, -0.15) is 0 Å². The van der Waals surface area contributed by atoms with E-state index in [9.17, 15) is 4.79 Å². The number of benzene rings is 1. The van der Waals surface area contributed by atoms with Gasteiger partial charge in [0.25, 0.3) is 5.91 Å². The van der Waals surface area contributed by atoms with Crippen LogP contribution in [0.1, 0.15) is 17.3 Å². The molecule has 17 heavy (non-hydrogen) atoms. The molecule has 0 radical (unpaired) electrons. The van der Waals surface area contributed by atoms with E-state index in [0.717, 1.165) is 23.2 Å². The quantitative estimate of drug-likeness (QED) is 0.776. The Labute approximate surface area is 120 Å². The minimum atomic E-state index is 0.0663. The molecule has 92 valence electrons. The highest BCUT2D eigenvalue weighted by molar-refractivity contribution is 14.1. The van der Waals surface area contributed by atoms with Crippen molar-refractivity contribution in [1.29, 1.82) is 0 Å². The molecule has 0 aromatic heterocycles. The van der Waals surface area contributed by atoms with Crippen LogP contribution in [0, 0.1) is 3.57 Å². The zero-order valence-corrected chi connectivity index (χ0v) is 12.5. The summed E-state index contributed by atoms with van der Waals surface area (Å²) in [5, 5.41) is 3.96. The summed E-state index contributed by atoms with van der Waals surface area (Å²) in [4.78, 5) is 14.1. The molecule has 3 nitrogen and oxygen atoms in total. The average Bonchev–Trinajstić information content (AvgIpc) is 2.32. The first kappa shape index (κ1) is 13.1. The van der Waals surface area contributed by atoms with E-state index in [2.05, 4.69) is 34.8 Å². The van der Waals surface area contributed by atoms with Crippen LogP contribution in [-0.2, 0) is 0 Å². The monoisotopic (exact) mass is 364 g/mol. The molecule has 1 aromatic rings. The summed E-state index contributed by atoms with van der Waals surface area (Å²) in [5.74, 6) is 0.0663. The minimum absolute atomic E-state index is 0.0663. The van der Waals surface area contributed by atoms with Crippen molar-refractivity contribution in [3.05, 3.63) is 32.4 Å². The molecule has 0 aliphatic carbocycles. The Morgan fingerprint density at radius 3 is 3.00 bits per heavy atom. The van der Waals surface area contributed by atoms with Gasteiger partial charge >= 0.3 is 0 Å². The van der Waals surface area contributed by atoms with Crippen LogP contribution in [0.4, 0.5) is 0 Å². The molecule has 1 heterocycles. The van der Waals surface area contributed by atoms with Crippen molar-refractivity contribution in [3.63, 3.8) is 0 Å². The number of nitrogens with one attached hydrogen (secondary N) is 1. The van der Waals surface area contributed by atoms with E-state index in [1.165, 1.54) is 0 Å². The highest BCUT2D eigenvalue weighted by Gasteiger charge is 2.21. The average molecular weight is 365 g/mol. The zero-order chi connectivity index (χ0) is 12.4. The molecule has 0 spiro atoms. The highest BCUT2D eigenvalue weighted by Crippen LogP contribution is 2.20. The van der Waals surface area contributed by atoms with Gasteiger partial charge in [-0.25, -0.2) is 0 Å². The van der Waals surface area contributed by atoms with Gasteiger partial charge in [0.15, 0.2) is 0 Å². The lowest BCUT2D eigenvalue weighted by Crippen LogP contribution is -2.51. The molecule has 1 saturated heterocycles. The summed E-state index contributed by atoms with van der Waals surface area (Å²) in [6.07, 6.45) is 0. The van der Waals surface area contributed by atoms with Crippen molar-refractivity contribution in [2.45, 2.75) is 13.0 Å². The van der Waals surface area contributed by atoms with E-state index in [1.54, 1.807) is 6.07 Å². The number of halogens is 2. The summed E-state index contributed by atoms with van der Waals surface area (Å²) >= 11 is 8.19. The normalized spacial score (nSPS) is 20.4. The highest BCUT2D eigenvalue weighted by atomic mass is 127. The molecule has 1 amide bonds. The van der Waals surface area contributed by atoms with Crippen molar-refractivity contribution < 1.29 is 4.79 Å². The van der Waals surface area contributed by atoms with Gasteiger partial charge < -0.3 is 10.2 Å². The predicted octanol–water partition coefficient (Wildman–Crippen LogP) is 2.38. The zero-order valence-electron chi connectivity index (χ0n) is 9.54. The predicted molar refractivity (Wildman–Crippen MR) is 77.5 cm³/mol. The van der Waals surface area contributed by atoms with Crippen LogP contribution in [0.25, 0.3) is 0 Å². The van der Waals surface area contributed by atoms with Gasteiger partial charge in [0.2, 0.25) is 0 Å². The van der Waals surface area contributed by atoms with Crippen LogP contribution < -0.4 is 5.32 Å². The topological polar surface area (TPSA) is 32.3 Å². The molecular formula is C12H14ClIN2O. The van der Waals surface area contributed by atoms with Crippen LogP contribution in [0.15, 0.2) is 18.2 Å². The van der Waals surface area contributed by atoms with E-state index >= 15 is 0 Å². The number of amides is 1. The lowest BCUT2D eigenvalue weighted by molar-refractivity contribution is 0.0709. The van der Waals surface area contributed by atoms with Crippen LogP contribution in [0.3, 0.4) is 0 Å². The molecule has 0 saturated carbocycles. The molecule has 1 aliphatic rings. The van der Waals surface area contributed by atoms with E-state index in [-0.39, 0.29) is 5.91 Å². The minimum Gasteiger partial charge on any atom is -0.336 e. The molecule has 0 unspecified atom stereocenters. The second kappa shape index (κ2) is 5.54. The molecule has 1 aliphatic heterocycles. The SMILES string of the molecule is C[C@H]1CN(C(=O)c2ccc(I)c(Cl)c2)CCN1. The fraction of sp³-hybridized carbons (Fsp3) is 0.417. The Balaban J connectivity index is 2.15. The Morgan fingerprint density at radius 2 is 2.35 bits per heavy atom. The number of carbonyl (C=O) groups is 1. The van der Waals surface area contributed by atoms with Crippen molar-refractivity contribution in [2.75, 3.05) is 19.6 Å². The summed E-state index contributed by atoms with van der Waals surface area (Å²) in [5.41, 5.74) is 0.671. The lowest BCUT2D eigenvalue weighted by atomic mass is 10.1. The maximum absolute atomic E-state index is 12.2. The first-order chi connectivity index (χ1) is 8.08. The Kier molecular flexibility index (Phi) is 4.27. The smallest absolute Gasteiger partial charge is 0.254 e. The summed E-state index contributed by atoms with van der Waals surface area (Å²) in [6.45, 7) is 4.45. The number of carbonyl (C=O) groups excluding carboxylic acids is 1. The Morgan fingerprint density at radius 1 is 1.59 bits per heavy atom. The fourth-order valence-electron chi connectivity index (χ4n) is 1.93. The van der Waals surface area contributed by atoms with Crippen molar-refractivity contribution in [1.82, 2.24) is 10.2 Å². The first-order valence-electron chi connectivity index (χ1n) is 5.55. The molecule has 1 aromatic carbocycles. The van der Waals surface area contributed by atoms with Crippen molar-refractivity contribution in [3.8, 4) is 0 Å². The van der Waals surface area contributed by atoms with Gasteiger partial charge in [0.05, 0.1) is 5.02 Å². The van der Waals surface area contributed by atoms with Gasteiger partial charge in [0.1, 0.15) is 0 Å². The van der Waals surface area contributed by atoms with Gasteiger partial charge in [-0.05, 0) is 47.7 Å². The number of rotatable bonds is 1. The lowest BCUT2D eigenvalue weighted by Gasteiger charge is -2.32. The number of hydrogen-bond donors (Lipinski definition) is 1. The second-order valence-corrected chi connectivity index (χ2v) is 5.80. The fourth-order valence-corrected chi connectivity index (χ4v) is 2.44. The Bertz CT molecular complexity index is 439. The number of hydrogen-bond acceptors (Lipinski definition) is 2. The van der Waals surface area contributed by atoms with Crippen LogP contribution in [-0.4, -0.2) is 36.5 Å². The maximum Gasteiger partial charge on any atom is 0.254 e. The summed E-state index contributed by atoms with van der Waals surface area (Å²) < 4.78 is 0.967. The summed E-state index contributed by atoms with van der Waals surface area (Å²) in [7, 11) is 0. The third kappa shape index (κ3) is 3.11. The second-order valence-electron chi connectivity index (χ2n) is 4.24. The van der Waals surface area contributed by atoms with Gasteiger partial charge in [-0.1, -0.05) is 11.6 Å². The molecule has 1 atom stereocenters. The maximum atomic E-state index is 12.2. The molecular weight excluding hydrogens is 351 g/mol. The molecule has 1 N–H and O–H groups in total. The van der Waals surface area contributed by atoms with E-state index in [0.29, 0.717) is 16.6 Å². The molecule has 5 heteroatoms. The van der Waals surface area contributed by atoms with Gasteiger partial charge in [-0.15, -0.1) is 0 Å². The molecule has 2 rings (SSSR count).